The second kappa shape index (κ2) is 10.3. The first-order chi connectivity index (χ1) is 13.8. The largest absolute Gasteiger partial charge is 0.484 e. The fraction of sp³-hybridized carbons (Fsp3) is 0.318. The number of hydrogen-bond donors (Lipinski definition) is 2. The van der Waals surface area contributed by atoms with Crippen LogP contribution in [-0.2, 0) is 14.4 Å². The van der Waals surface area contributed by atoms with Crippen LogP contribution in [0.4, 0.5) is 11.4 Å². The van der Waals surface area contributed by atoms with Gasteiger partial charge in [-0.25, -0.2) is 0 Å². The Morgan fingerprint density at radius 1 is 0.862 bits per heavy atom. The third-order valence-electron chi connectivity index (χ3n) is 4.22. The van der Waals surface area contributed by atoms with Gasteiger partial charge in [0.1, 0.15) is 5.75 Å². The van der Waals surface area contributed by atoms with Crippen LogP contribution in [0.2, 0.25) is 0 Å². The highest BCUT2D eigenvalue weighted by Gasteiger charge is 2.13. The zero-order valence-corrected chi connectivity index (χ0v) is 17.1. The molecule has 2 rings (SSSR count). The minimum Gasteiger partial charge on any atom is -0.484 e. The number of carbonyl (C=O) groups is 3. The number of esters is 1. The highest BCUT2D eigenvalue weighted by molar-refractivity contribution is 5.95. The summed E-state index contributed by atoms with van der Waals surface area (Å²) >= 11 is 0. The molecule has 7 nitrogen and oxygen atoms in total. The van der Waals surface area contributed by atoms with Gasteiger partial charge in [-0.15, -0.1) is 0 Å². The van der Waals surface area contributed by atoms with Crippen molar-refractivity contribution in [3.63, 3.8) is 0 Å². The van der Waals surface area contributed by atoms with Crippen molar-refractivity contribution in [1.29, 1.82) is 0 Å². The monoisotopic (exact) mass is 398 g/mol. The molecule has 2 N–H and O–H groups in total. The molecule has 0 atom stereocenters. The van der Waals surface area contributed by atoms with Gasteiger partial charge in [0.2, 0.25) is 5.91 Å². The summed E-state index contributed by atoms with van der Waals surface area (Å²) in [7, 11) is 0. The molecule has 0 aliphatic rings. The third-order valence-corrected chi connectivity index (χ3v) is 4.22. The molecule has 0 radical (unpaired) electrons. The molecule has 0 aliphatic carbocycles. The van der Waals surface area contributed by atoms with Gasteiger partial charge in [0.25, 0.3) is 5.91 Å². The minimum atomic E-state index is -0.453. The molecule has 0 fully saturated rings. The molecule has 0 unspecified atom stereocenters. The lowest BCUT2D eigenvalue weighted by Crippen LogP contribution is -2.21. The van der Waals surface area contributed by atoms with Gasteiger partial charge in [0, 0.05) is 24.6 Å². The average Bonchev–Trinajstić information content (AvgIpc) is 2.70. The van der Waals surface area contributed by atoms with Gasteiger partial charge in [-0.05, 0) is 49.2 Å². The number of nitrogens with one attached hydrogen (secondary N) is 2. The maximum absolute atomic E-state index is 12.3. The Morgan fingerprint density at radius 3 is 2.28 bits per heavy atom. The molecule has 0 bridgehead atoms. The minimum absolute atomic E-state index is 0.158. The molecule has 7 heteroatoms. The Morgan fingerprint density at radius 2 is 1.62 bits per heavy atom. The number of hydrogen-bond acceptors (Lipinski definition) is 5. The van der Waals surface area contributed by atoms with Crippen molar-refractivity contribution in [3.05, 3.63) is 47.5 Å². The van der Waals surface area contributed by atoms with E-state index in [1.165, 1.54) is 6.07 Å². The van der Waals surface area contributed by atoms with Gasteiger partial charge in [0.05, 0.1) is 5.69 Å². The van der Waals surface area contributed by atoms with Gasteiger partial charge in [-0.2, -0.15) is 0 Å². The lowest BCUT2D eigenvalue weighted by molar-refractivity contribution is -0.134. The average molecular weight is 398 g/mol. The number of carbonyl (C=O) groups excluding carboxylic acids is 3. The fourth-order valence-electron chi connectivity index (χ4n) is 2.37. The van der Waals surface area contributed by atoms with E-state index in [0.29, 0.717) is 23.5 Å². The molecule has 0 aromatic heterocycles. The molecule has 2 aromatic carbocycles. The molecular weight excluding hydrogens is 372 g/mol. The molecule has 29 heavy (non-hydrogen) atoms. The van der Waals surface area contributed by atoms with Crippen LogP contribution in [0.3, 0.4) is 0 Å². The smallest absolute Gasteiger partial charge is 0.310 e. The Labute approximate surface area is 170 Å². The first-order valence-electron chi connectivity index (χ1n) is 9.46. The van der Waals surface area contributed by atoms with Crippen molar-refractivity contribution in [1.82, 2.24) is 0 Å². The predicted molar refractivity (Wildman–Crippen MR) is 111 cm³/mol. The predicted octanol–water partition coefficient (Wildman–Crippen LogP) is 3.98. The number of ether oxygens (including phenoxy) is 2. The zero-order chi connectivity index (χ0) is 21.4. The molecule has 0 saturated heterocycles. The van der Waals surface area contributed by atoms with Gasteiger partial charge < -0.3 is 20.1 Å². The summed E-state index contributed by atoms with van der Waals surface area (Å²) in [6, 6.07) is 10.3. The van der Waals surface area contributed by atoms with Crippen LogP contribution in [0.1, 0.15) is 37.8 Å². The second-order valence-electron chi connectivity index (χ2n) is 6.52. The molecule has 0 spiro atoms. The van der Waals surface area contributed by atoms with Crippen LogP contribution in [0, 0.1) is 13.8 Å². The van der Waals surface area contributed by atoms with Crippen molar-refractivity contribution in [2.24, 2.45) is 0 Å². The highest BCUT2D eigenvalue weighted by Crippen LogP contribution is 2.29. The maximum atomic E-state index is 12.3. The van der Waals surface area contributed by atoms with E-state index in [1.807, 2.05) is 26.0 Å². The summed E-state index contributed by atoms with van der Waals surface area (Å²) in [5.41, 5.74) is 3.00. The quantitative estimate of drug-likeness (QED) is 0.518. The Bertz CT molecular complexity index is 908. The van der Waals surface area contributed by atoms with Crippen LogP contribution in [0.25, 0.3) is 0 Å². The summed E-state index contributed by atoms with van der Waals surface area (Å²) < 4.78 is 10.8. The third kappa shape index (κ3) is 6.64. The van der Waals surface area contributed by atoms with E-state index in [1.54, 1.807) is 32.0 Å². The SMILES string of the molecule is CCC(=O)Nc1ccc(NC(=O)COc2ccc(C)c(C)c2)c(OC(=O)CC)c1. The molecular formula is C22H26N2O5. The lowest BCUT2D eigenvalue weighted by Gasteiger charge is -2.14. The summed E-state index contributed by atoms with van der Waals surface area (Å²) in [4.78, 5) is 35.6. The van der Waals surface area contributed by atoms with E-state index in [-0.39, 0.29) is 24.7 Å². The van der Waals surface area contributed by atoms with Gasteiger partial charge in [-0.3, -0.25) is 14.4 Å². The second-order valence-corrected chi connectivity index (χ2v) is 6.52. The summed E-state index contributed by atoms with van der Waals surface area (Å²) in [5, 5.41) is 5.37. The molecule has 2 aromatic rings. The number of rotatable bonds is 8. The number of benzene rings is 2. The Hall–Kier alpha value is -3.35. The van der Waals surface area contributed by atoms with Gasteiger partial charge in [0.15, 0.2) is 12.4 Å². The normalized spacial score (nSPS) is 10.2. The van der Waals surface area contributed by atoms with Crippen molar-refractivity contribution in [2.75, 3.05) is 17.2 Å². The number of aryl methyl sites for hydroxylation is 2. The zero-order valence-electron chi connectivity index (χ0n) is 17.1. The topological polar surface area (TPSA) is 93.7 Å². The van der Waals surface area contributed by atoms with Gasteiger partial charge in [-0.1, -0.05) is 19.9 Å². The van der Waals surface area contributed by atoms with E-state index < -0.39 is 11.9 Å². The van der Waals surface area contributed by atoms with Crippen LogP contribution < -0.4 is 20.1 Å². The van der Waals surface area contributed by atoms with E-state index >= 15 is 0 Å². The Kier molecular flexibility index (Phi) is 7.77. The van der Waals surface area contributed by atoms with Crippen LogP contribution in [0.5, 0.6) is 11.5 Å². The summed E-state index contributed by atoms with van der Waals surface area (Å²) in [6.07, 6.45) is 0.493. The number of anilines is 2. The van der Waals surface area contributed by atoms with Crippen LogP contribution >= 0.6 is 0 Å². The lowest BCUT2D eigenvalue weighted by atomic mass is 10.1. The molecule has 0 saturated carbocycles. The van der Waals surface area contributed by atoms with Gasteiger partial charge >= 0.3 is 5.97 Å². The molecule has 2 amide bonds. The summed E-state index contributed by atoms with van der Waals surface area (Å²) in [6.45, 7) is 7.17. The standard InChI is InChI=1S/C22H26N2O5/c1-5-20(25)23-16-8-10-18(19(12-16)29-22(27)6-2)24-21(26)13-28-17-9-7-14(3)15(4)11-17/h7-12H,5-6,13H2,1-4H3,(H,23,25)(H,24,26). The van der Waals surface area contributed by atoms with Crippen molar-refractivity contribution >= 4 is 29.2 Å². The fourth-order valence-corrected chi connectivity index (χ4v) is 2.37. The van der Waals surface area contributed by atoms with Crippen molar-refractivity contribution in [2.45, 2.75) is 40.5 Å². The first kappa shape index (κ1) is 21.9. The van der Waals surface area contributed by atoms with Crippen molar-refractivity contribution in [3.8, 4) is 11.5 Å². The molecule has 154 valence electrons. The molecule has 0 aliphatic heterocycles. The van der Waals surface area contributed by atoms with E-state index in [0.717, 1.165) is 11.1 Å². The summed E-state index contributed by atoms with van der Waals surface area (Å²) in [5.74, 6) is -0.270. The number of amides is 2. The van der Waals surface area contributed by atoms with E-state index in [9.17, 15) is 14.4 Å². The molecule has 0 heterocycles. The maximum Gasteiger partial charge on any atom is 0.310 e. The van der Waals surface area contributed by atoms with E-state index in [4.69, 9.17) is 9.47 Å². The van der Waals surface area contributed by atoms with Crippen molar-refractivity contribution < 1.29 is 23.9 Å². The highest BCUT2D eigenvalue weighted by atomic mass is 16.5. The van der Waals surface area contributed by atoms with Crippen LogP contribution in [0.15, 0.2) is 36.4 Å². The van der Waals surface area contributed by atoms with Crippen LogP contribution in [-0.4, -0.2) is 24.4 Å². The van der Waals surface area contributed by atoms with E-state index in [2.05, 4.69) is 10.6 Å². The first-order valence-corrected chi connectivity index (χ1v) is 9.46. The Balaban J connectivity index is 2.09.